The van der Waals surface area contributed by atoms with E-state index in [4.69, 9.17) is 4.74 Å². The van der Waals surface area contributed by atoms with Crippen LogP contribution in [0.2, 0.25) is 0 Å². The summed E-state index contributed by atoms with van der Waals surface area (Å²) >= 11 is 0. The van der Waals surface area contributed by atoms with Crippen LogP contribution in [0.25, 0.3) is 0 Å². The third-order valence-corrected chi connectivity index (χ3v) is 5.58. The van der Waals surface area contributed by atoms with Crippen LogP contribution in [0.5, 0.6) is 0 Å². The molecule has 0 heterocycles. The van der Waals surface area contributed by atoms with Crippen molar-refractivity contribution in [3.05, 3.63) is 108 Å². The van der Waals surface area contributed by atoms with Gasteiger partial charge in [-0.25, -0.2) is 0 Å². The van der Waals surface area contributed by atoms with Crippen LogP contribution in [-0.4, -0.2) is 12.9 Å². The van der Waals surface area contributed by atoms with Crippen LogP contribution in [0, 0.1) is 0 Å². The van der Waals surface area contributed by atoms with Crippen molar-refractivity contribution in [2.24, 2.45) is 0 Å². The van der Waals surface area contributed by atoms with Gasteiger partial charge in [0.2, 0.25) is 0 Å². The lowest BCUT2D eigenvalue weighted by Gasteiger charge is -2.36. The molecule has 0 atom stereocenters. The number of benzene rings is 3. The van der Waals surface area contributed by atoms with Crippen LogP contribution in [-0.2, 0) is 15.1 Å². The SMILES string of the molecule is O=CCCCCCCCCOC(c1ccccc1)(c1ccccc1)c1ccccc1. The molecule has 0 aliphatic heterocycles. The minimum atomic E-state index is -0.617. The predicted molar refractivity (Wildman–Crippen MR) is 124 cm³/mol. The molecule has 0 aromatic heterocycles. The molecular weight excluding hydrogens is 368 g/mol. The minimum absolute atomic E-state index is 0.617. The van der Waals surface area contributed by atoms with E-state index in [2.05, 4.69) is 91.0 Å². The molecule has 0 amide bonds. The van der Waals surface area contributed by atoms with Gasteiger partial charge in [0.1, 0.15) is 11.9 Å². The van der Waals surface area contributed by atoms with Gasteiger partial charge in [-0.3, -0.25) is 0 Å². The van der Waals surface area contributed by atoms with Gasteiger partial charge in [-0.1, -0.05) is 117 Å². The fourth-order valence-electron chi connectivity index (χ4n) is 4.03. The summed E-state index contributed by atoms with van der Waals surface area (Å²) in [5.74, 6) is 0. The summed E-state index contributed by atoms with van der Waals surface area (Å²) in [4.78, 5) is 10.4. The van der Waals surface area contributed by atoms with E-state index in [0.717, 1.165) is 48.7 Å². The second-order valence-electron chi connectivity index (χ2n) is 7.70. The van der Waals surface area contributed by atoms with E-state index in [1.807, 2.05) is 0 Å². The van der Waals surface area contributed by atoms with E-state index < -0.39 is 5.60 Å². The minimum Gasteiger partial charge on any atom is -0.361 e. The maximum atomic E-state index is 10.4. The highest BCUT2D eigenvalue weighted by atomic mass is 16.5. The van der Waals surface area contributed by atoms with Crippen molar-refractivity contribution in [2.45, 2.75) is 50.5 Å². The van der Waals surface area contributed by atoms with Gasteiger partial charge < -0.3 is 9.53 Å². The first kappa shape index (κ1) is 22.0. The first-order valence-electron chi connectivity index (χ1n) is 11.1. The Hall–Kier alpha value is -2.71. The van der Waals surface area contributed by atoms with Gasteiger partial charge in [0.15, 0.2) is 0 Å². The Labute approximate surface area is 180 Å². The van der Waals surface area contributed by atoms with Crippen molar-refractivity contribution in [3.8, 4) is 0 Å². The average molecular weight is 401 g/mol. The molecule has 2 heteroatoms. The van der Waals surface area contributed by atoms with Crippen LogP contribution in [0.15, 0.2) is 91.0 Å². The first-order valence-corrected chi connectivity index (χ1v) is 11.1. The number of carbonyl (C=O) groups excluding carboxylic acids is 1. The Balaban J connectivity index is 1.77. The lowest BCUT2D eigenvalue weighted by Crippen LogP contribution is -2.33. The highest BCUT2D eigenvalue weighted by Gasteiger charge is 2.37. The van der Waals surface area contributed by atoms with Gasteiger partial charge >= 0.3 is 0 Å². The van der Waals surface area contributed by atoms with Crippen molar-refractivity contribution in [1.29, 1.82) is 0 Å². The zero-order valence-electron chi connectivity index (χ0n) is 17.7. The quantitative estimate of drug-likeness (QED) is 0.177. The third kappa shape index (κ3) is 5.67. The Kier molecular flexibility index (Phi) is 8.86. The second-order valence-corrected chi connectivity index (χ2v) is 7.70. The normalized spacial score (nSPS) is 11.3. The smallest absolute Gasteiger partial charge is 0.143 e. The molecule has 0 saturated heterocycles. The molecule has 0 aliphatic carbocycles. The van der Waals surface area contributed by atoms with Crippen LogP contribution in [0.4, 0.5) is 0 Å². The predicted octanol–water partition coefficient (Wildman–Crippen LogP) is 6.92. The molecular formula is C28H32O2. The molecule has 0 fully saturated rings. The molecule has 3 aromatic rings. The summed E-state index contributed by atoms with van der Waals surface area (Å²) < 4.78 is 6.79. The zero-order chi connectivity index (χ0) is 20.9. The maximum absolute atomic E-state index is 10.4. The summed E-state index contributed by atoms with van der Waals surface area (Å²) in [7, 11) is 0. The summed E-state index contributed by atoms with van der Waals surface area (Å²) in [6, 6.07) is 31.6. The fourth-order valence-corrected chi connectivity index (χ4v) is 4.03. The topological polar surface area (TPSA) is 26.3 Å². The van der Waals surface area contributed by atoms with E-state index in [1.165, 1.54) is 12.8 Å². The third-order valence-electron chi connectivity index (χ3n) is 5.58. The number of aldehydes is 1. The van der Waals surface area contributed by atoms with Crippen molar-refractivity contribution < 1.29 is 9.53 Å². The van der Waals surface area contributed by atoms with Gasteiger partial charge in [0.25, 0.3) is 0 Å². The molecule has 3 aromatic carbocycles. The Morgan fingerprint density at radius 2 is 0.967 bits per heavy atom. The van der Waals surface area contributed by atoms with Crippen molar-refractivity contribution in [3.63, 3.8) is 0 Å². The number of rotatable bonds is 13. The van der Waals surface area contributed by atoms with E-state index in [-0.39, 0.29) is 0 Å². The lowest BCUT2D eigenvalue weighted by molar-refractivity contribution is -0.107. The van der Waals surface area contributed by atoms with Crippen molar-refractivity contribution in [2.75, 3.05) is 6.61 Å². The molecule has 30 heavy (non-hydrogen) atoms. The lowest BCUT2D eigenvalue weighted by atomic mass is 9.80. The molecule has 2 nitrogen and oxygen atoms in total. The Morgan fingerprint density at radius 1 is 0.567 bits per heavy atom. The fraction of sp³-hybridized carbons (Fsp3) is 0.321. The summed E-state index contributed by atoms with van der Waals surface area (Å²) in [5, 5.41) is 0. The largest absolute Gasteiger partial charge is 0.361 e. The summed E-state index contributed by atoms with van der Waals surface area (Å²) in [6.45, 7) is 0.701. The van der Waals surface area contributed by atoms with Gasteiger partial charge in [0.05, 0.1) is 0 Å². The monoisotopic (exact) mass is 400 g/mol. The number of hydrogen-bond donors (Lipinski definition) is 0. The molecule has 0 radical (unpaired) electrons. The highest BCUT2D eigenvalue weighted by molar-refractivity contribution is 5.49. The zero-order valence-corrected chi connectivity index (χ0v) is 17.7. The number of carbonyl (C=O) groups is 1. The number of ether oxygens (including phenoxy) is 1. The molecule has 0 spiro atoms. The van der Waals surface area contributed by atoms with E-state index in [0.29, 0.717) is 13.0 Å². The van der Waals surface area contributed by atoms with Gasteiger partial charge in [-0.2, -0.15) is 0 Å². The van der Waals surface area contributed by atoms with E-state index in [9.17, 15) is 4.79 Å². The molecule has 0 unspecified atom stereocenters. The molecule has 0 N–H and O–H groups in total. The summed E-state index contributed by atoms with van der Waals surface area (Å²) in [5.41, 5.74) is 2.83. The first-order chi connectivity index (χ1) is 14.9. The summed E-state index contributed by atoms with van der Waals surface area (Å²) in [6.07, 6.45) is 8.42. The molecule has 0 saturated carbocycles. The van der Waals surface area contributed by atoms with Gasteiger partial charge in [-0.15, -0.1) is 0 Å². The Morgan fingerprint density at radius 3 is 1.40 bits per heavy atom. The van der Waals surface area contributed by atoms with Crippen LogP contribution in [0.3, 0.4) is 0 Å². The van der Waals surface area contributed by atoms with Crippen molar-refractivity contribution >= 4 is 6.29 Å². The standard InChI is InChI=1S/C28H32O2/c29-23-15-4-2-1-3-5-16-24-30-28(25-17-9-6-10-18-25,26-19-11-7-12-20-26)27-21-13-8-14-22-27/h6-14,17-23H,1-5,15-16,24H2. The van der Waals surface area contributed by atoms with Crippen molar-refractivity contribution in [1.82, 2.24) is 0 Å². The van der Waals surface area contributed by atoms with Crippen LogP contribution < -0.4 is 0 Å². The molecule has 3 rings (SSSR count). The number of unbranched alkanes of at least 4 members (excludes halogenated alkanes) is 6. The molecule has 156 valence electrons. The number of hydrogen-bond acceptors (Lipinski definition) is 2. The van der Waals surface area contributed by atoms with Crippen LogP contribution in [0.1, 0.15) is 61.6 Å². The average Bonchev–Trinajstić information content (AvgIpc) is 2.82. The van der Waals surface area contributed by atoms with Gasteiger partial charge in [0, 0.05) is 13.0 Å². The Bertz CT molecular complexity index is 747. The van der Waals surface area contributed by atoms with Crippen LogP contribution >= 0.6 is 0 Å². The highest BCUT2D eigenvalue weighted by Crippen LogP contribution is 2.40. The van der Waals surface area contributed by atoms with E-state index in [1.54, 1.807) is 0 Å². The van der Waals surface area contributed by atoms with E-state index >= 15 is 0 Å². The molecule has 0 bridgehead atoms. The molecule has 0 aliphatic rings. The maximum Gasteiger partial charge on any atom is 0.143 e. The second kappa shape index (κ2) is 12.1. The van der Waals surface area contributed by atoms with Gasteiger partial charge in [-0.05, 0) is 29.5 Å².